The second kappa shape index (κ2) is 15.4. The van der Waals surface area contributed by atoms with Gasteiger partial charge in [-0.05, 0) is 78.3 Å². The Labute approximate surface area is 252 Å². The van der Waals surface area contributed by atoms with Crippen LogP contribution in [-0.4, -0.2) is 35.0 Å². The molecule has 1 amide bonds. The predicted octanol–water partition coefficient (Wildman–Crippen LogP) is 8.31. The number of benzene rings is 3. The average molecular weight is 586 g/mol. The van der Waals surface area contributed by atoms with Crippen LogP contribution < -0.4 is 5.32 Å². The molecule has 2 atom stereocenters. The molecule has 4 aromatic rings. The zero-order valence-electron chi connectivity index (χ0n) is 24.5. The number of carbonyl (C=O) groups is 2. The summed E-state index contributed by atoms with van der Waals surface area (Å²) in [5.74, 6) is 0.803. The molecule has 0 unspecified atom stereocenters. The number of carboxylic acid groups (broad SMARTS) is 1. The predicted molar refractivity (Wildman–Crippen MR) is 170 cm³/mol. The number of nitrogens with one attached hydrogen (secondary N) is 1. The van der Waals surface area contributed by atoms with E-state index in [1.165, 1.54) is 0 Å². The lowest BCUT2D eigenvalue weighted by molar-refractivity contribution is -0.139. The quantitative estimate of drug-likeness (QED) is 0.146. The normalized spacial score (nSPS) is 12.5. The standard InChI is InChI=1S/C35H39NO5S/c1-4-5-15-32(33-19-18-31(41-33)26-12-7-6-8-13-26)40-23-25-16-17-28(29(22-25)27-14-10-9-11-24(27)2)34(37)36-30(35(38)39)20-21-42-3/h6-14,16-19,22,30,32H,4-5,15,20-21,23H2,1-3H3,(H,36,37)(H,38,39)/t30-,32+/m0/s1. The van der Waals surface area contributed by atoms with Gasteiger partial charge in [0.25, 0.3) is 5.91 Å². The van der Waals surface area contributed by atoms with Gasteiger partial charge < -0.3 is 19.6 Å². The number of unbranched alkanes of at least 4 members (excludes halogenated alkanes) is 1. The van der Waals surface area contributed by atoms with Crippen molar-refractivity contribution in [3.05, 3.63) is 107 Å². The minimum Gasteiger partial charge on any atom is -0.480 e. The highest BCUT2D eigenvalue weighted by molar-refractivity contribution is 7.98. The van der Waals surface area contributed by atoms with Crippen LogP contribution in [0.1, 0.15) is 66.0 Å². The topological polar surface area (TPSA) is 88.8 Å². The van der Waals surface area contributed by atoms with Gasteiger partial charge in [0.2, 0.25) is 0 Å². The van der Waals surface area contributed by atoms with Crippen molar-refractivity contribution in [2.24, 2.45) is 0 Å². The van der Waals surface area contributed by atoms with E-state index >= 15 is 0 Å². The molecule has 220 valence electrons. The number of thioether (sulfide) groups is 1. The Morgan fingerprint density at radius 1 is 0.952 bits per heavy atom. The van der Waals surface area contributed by atoms with Crippen LogP contribution in [0.15, 0.2) is 89.3 Å². The van der Waals surface area contributed by atoms with E-state index in [9.17, 15) is 14.7 Å². The summed E-state index contributed by atoms with van der Waals surface area (Å²) in [5, 5.41) is 12.4. The van der Waals surface area contributed by atoms with Crippen molar-refractivity contribution in [3.8, 4) is 22.5 Å². The van der Waals surface area contributed by atoms with Crippen molar-refractivity contribution < 1.29 is 23.8 Å². The highest BCUT2D eigenvalue weighted by atomic mass is 32.2. The zero-order valence-corrected chi connectivity index (χ0v) is 25.3. The molecule has 1 aromatic heterocycles. The molecule has 0 aliphatic carbocycles. The summed E-state index contributed by atoms with van der Waals surface area (Å²) in [6.07, 6.45) is 4.93. The van der Waals surface area contributed by atoms with E-state index in [0.717, 1.165) is 58.6 Å². The molecule has 0 aliphatic rings. The second-order valence-corrected chi connectivity index (χ2v) is 11.3. The van der Waals surface area contributed by atoms with Gasteiger partial charge >= 0.3 is 5.97 Å². The van der Waals surface area contributed by atoms with Gasteiger partial charge in [0.05, 0.1) is 6.61 Å². The molecule has 0 radical (unpaired) electrons. The molecule has 2 N–H and O–H groups in total. The molecule has 0 bridgehead atoms. The summed E-state index contributed by atoms with van der Waals surface area (Å²) in [6.45, 7) is 4.49. The summed E-state index contributed by atoms with van der Waals surface area (Å²) in [5.41, 5.74) is 5.06. The van der Waals surface area contributed by atoms with Crippen molar-refractivity contribution in [2.75, 3.05) is 12.0 Å². The fraction of sp³-hybridized carbons (Fsp3) is 0.314. The molecule has 0 spiro atoms. The number of amides is 1. The van der Waals surface area contributed by atoms with Gasteiger partial charge in [-0.3, -0.25) is 4.79 Å². The molecule has 3 aromatic carbocycles. The Kier molecular flexibility index (Phi) is 11.4. The third-order valence-electron chi connectivity index (χ3n) is 7.25. The number of carbonyl (C=O) groups excluding carboxylic acids is 1. The Morgan fingerprint density at radius 2 is 1.71 bits per heavy atom. The van der Waals surface area contributed by atoms with Gasteiger partial charge in [-0.2, -0.15) is 11.8 Å². The highest BCUT2D eigenvalue weighted by Crippen LogP contribution is 2.32. The number of rotatable bonds is 15. The van der Waals surface area contributed by atoms with Crippen LogP contribution in [0.3, 0.4) is 0 Å². The Morgan fingerprint density at radius 3 is 2.43 bits per heavy atom. The van der Waals surface area contributed by atoms with Crippen molar-refractivity contribution in [3.63, 3.8) is 0 Å². The number of hydrogen-bond donors (Lipinski definition) is 2. The minimum atomic E-state index is -1.04. The first-order chi connectivity index (χ1) is 20.4. The fourth-order valence-corrected chi connectivity index (χ4v) is 5.36. The van der Waals surface area contributed by atoms with Crippen LogP contribution in [0.2, 0.25) is 0 Å². The molecule has 0 fully saturated rings. The average Bonchev–Trinajstić information content (AvgIpc) is 3.50. The molecule has 1 heterocycles. The van der Waals surface area contributed by atoms with Gasteiger partial charge in [-0.15, -0.1) is 0 Å². The van der Waals surface area contributed by atoms with E-state index in [-0.39, 0.29) is 6.10 Å². The molecule has 0 aliphatic heterocycles. The van der Waals surface area contributed by atoms with Crippen molar-refractivity contribution in [2.45, 2.75) is 58.3 Å². The van der Waals surface area contributed by atoms with Gasteiger partial charge in [-0.1, -0.05) is 80.4 Å². The summed E-state index contributed by atoms with van der Waals surface area (Å²) in [7, 11) is 0. The Hall–Kier alpha value is -3.81. The van der Waals surface area contributed by atoms with Crippen LogP contribution in [-0.2, 0) is 16.1 Å². The SMILES string of the molecule is CCCC[C@@H](OCc1ccc(C(=O)N[C@@H](CCSC)C(=O)O)c(-c2ccccc2C)c1)c1ccc(-c2ccccc2)o1. The summed E-state index contributed by atoms with van der Waals surface area (Å²) in [6, 6.07) is 26.5. The zero-order chi connectivity index (χ0) is 29.9. The number of aliphatic carboxylic acids is 1. The third-order valence-corrected chi connectivity index (χ3v) is 7.90. The molecule has 0 saturated carbocycles. The van der Waals surface area contributed by atoms with E-state index in [4.69, 9.17) is 9.15 Å². The van der Waals surface area contributed by atoms with Gasteiger partial charge in [-0.25, -0.2) is 4.79 Å². The first-order valence-corrected chi connectivity index (χ1v) is 15.8. The summed E-state index contributed by atoms with van der Waals surface area (Å²) in [4.78, 5) is 25.2. The van der Waals surface area contributed by atoms with Crippen LogP contribution in [0, 0.1) is 6.92 Å². The van der Waals surface area contributed by atoms with Crippen molar-refractivity contribution >= 4 is 23.6 Å². The molecule has 7 heteroatoms. The summed E-state index contributed by atoms with van der Waals surface area (Å²) >= 11 is 1.55. The van der Waals surface area contributed by atoms with Crippen molar-refractivity contribution in [1.82, 2.24) is 5.32 Å². The van der Waals surface area contributed by atoms with E-state index in [0.29, 0.717) is 24.3 Å². The van der Waals surface area contributed by atoms with E-state index in [1.54, 1.807) is 17.8 Å². The van der Waals surface area contributed by atoms with Crippen LogP contribution in [0.4, 0.5) is 0 Å². The highest BCUT2D eigenvalue weighted by Gasteiger charge is 2.23. The molecule has 6 nitrogen and oxygen atoms in total. The molecular formula is C35H39NO5S. The number of furan rings is 1. The molecule has 0 saturated heterocycles. The number of hydrogen-bond acceptors (Lipinski definition) is 5. The second-order valence-electron chi connectivity index (χ2n) is 10.4. The lowest BCUT2D eigenvalue weighted by Crippen LogP contribution is -2.41. The maximum absolute atomic E-state index is 13.4. The number of aryl methyl sites for hydroxylation is 1. The smallest absolute Gasteiger partial charge is 0.326 e. The summed E-state index contributed by atoms with van der Waals surface area (Å²) < 4.78 is 12.7. The minimum absolute atomic E-state index is 0.208. The van der Waals surface area contributed by atoms with Crippen LogP contribution >= 0.6 is 11.8 Å². The molecule has 4 rings (SSSR count). The number of ether oxygens (including phenoxy) is 1. The van der Waals surface area contributed by atoms with Crippen LogP contribution in [0.5, 0.6) is 0 Å². The first-order valence-electron chi connectivity index (χ1n) is 14.4. The Balaban J connectivity index is 1.59. The lowest BCUT2D eigenvalue weighted by Gasteiger charge is -2.19. The monoisotopic (exact) mass is 585 g/mol. The van der Waals surface area contributed by atoms with E-state index in [1.807, 2.05) is 92.0 Å². The van der Waals surface area contributed by atoms with E-state index in [2.05, 4.69) is 12.2 Å². The van der Waals surface area contributed by atoms with Gasteiger partial charge in [0.1, 0.15) is 23.7 Å². The first kappa shape index (κ1) is 31.1. The fourth-order valence-electron chi connectivity index (χ4n) is 4.88. The maximum Gasteiger partial charge on any atom is 0.326 e. The largest absolute Gasteiger partial charge is 0.480 e. The lowest BCUT2D eigenvalue weighted by atomic mass is 9.93. The van der Waals surface area contributed by atoms with Gasteiger partial charge in [0.15, 0.2) is 0 Å². The molecule has 42 heavy (non-hydrogen) atoms. The van der Waals surface area contributed by atoms with Gasteiger partial charge in [0, 0.05) is 11.1 Å². The van der Waals surface area contributed by atoms with Crippen LogP contribution in [0.25, 0.3) is 22.5 Å². The van der Waals surface area contributed by atoms with E-state index < -0.39 is 17.9 Å². The molecular weight excluding hydrogens is 546 g/mol. The third kappa shape index (κ3) is 8.14. The Bertz CT molecular complexity index is 1470. The van der Waals surface area contributed by atoms with Crippen molar-refractivity contribution in [1.29, 1.82) is 0 Å². The number of carboxylic acids is 1. The maximum atomic E-state index is 13.4.